The van der Waals surface area contributed by atoms with Gasteiger partial charge < -0.3 is 4.74 Å². The average Bonchev–Trinajstić information content (AvgIpc) is 2.39. The molecule has 1 rings (SSSR count). The van der Waals surface area contributed by atoms with Crippen LogP contribution in [0.2, 0.25) is 5.02 Å². The summed E-state index contributed by atoms with van der Waals surface area (Å²) in [6.45, 7) is 6.61. The minimum Gasteiger partial charge on any atom is -0.480 e. The summed E-state index contributed by atoms with van der Waals surface area (Å²) in [4.78, 5) is 8.42. The lowest BCUT2D eigenvalue weighted by molar-refractivity contribution is 0.371. The number of hydrogen-bond donors (Lipinski definition) is 0. The van der Waals surface area contributed by atoms with Crippen LogP contribution in [-0.4, -0.2) is 17.1 Å². The molecule has 0 aliphatic carbocycles. The number of halogens is 1. The molecule has 18 heavy (non-hydrogen) atoms. The van der Waals surface area contributed by atoms with E-state index in [4.69, 9.17) is 16.3 Å². The lowest BCUT2D eigenvalue weighted by Crippen LogP contribution is -2.23. The van der Waals surface area contributed by atoms with Crippen LogP contribution in [0.25, 0.3) is 0 Å². The molecule has 1 unspecified atom stereocenters. The van der Waals surface area contributed by atoms with Gasteiger partial charge in [-0.15, -0.1) is 0 Å². The maximum Gasteiger partial charge on any atom is 0.235 e. The maximum atomic E-state index is 6.33. The van der Waals surface area contributed by atoms with Gasteiger partial charge >= 0.3 is 0 Å². The van der Waals surface area contributed by atoms with Crippen LogP contribution < -0.4 is 4.74 Å². The summed E-state index contributed by atoms with van der Waals surface area (Å²) < 4.78 is 5.17. The van der Waals surface area contributed by atoms with Gasteiger partial charge in [0.1, 0.15) is 11.3 Å². The van der Waals surface area contributed by atoms with Crippen molar-refractivity contribution in [3.05, 3.63) is 17.0 Å². The van der Waals surface area contributed by atoms with Crippen molar-refractivity contribution in [3.63, 3.8) is 0 Å². The Bertz CT molecular complexity index is 384. The molecule has 0 saturated carbocycles. The molecule has 1 aromatic heterocycles. The Morgan fingerprint density at radius 1 is 1.28 bits per heavy atom. The van der Waals surface area contributed by atoms with Crippen LogP contribution in [0.4, 0.5) is 0 Å². The summed E-state index contributed by atoms with van der Waals surface area (Å²) >= 11 is 6.33. The van der Waals surface area contributed by atoms with E-state index in [1.807, 2.05) is 0 Å². The molecular weight excluding hydrogens is 248 g/mol. The zero-order chi connectivity index (χ0) is 13.6. The molecule has 0 amide bonds. The van der Waals surface area contributed by atoms with Gasteiger partial charge in [-0.1, -0.05) is 51.6 Å². The number of nitrogens with zero attached hydrogens (tertiary/aromatic N) is 2. The number of methoxy groups -OCH3 is 1. The Morgan fingerprint density at radius 3 is 2.56 bits per heavy atom. The first-order valence-electron chi connectivity index (χ1n) is 6.64. The van der Waals surface area contributed by atoms with E-state index in [-0.39, 0.29) is 5.41 Å². The smallest absolute Gasteiger partial charge is 0.235 e. The second-order valence-corrected chi connectivity index (χ2v) is 5.29. The zero-order valence-corrected chi connectivity index (χ0v) is 12.5. The van der Waals surface area contributed by atoms with E-state index >= 15 is 0 Å². The third kappa shape index (κ3) is 3.35. The average molecular weight is 271 g/mol. The Hall–Kier alpha value is -0.830. The lowest BCUT2D eigenvalue weighted by Gasteiger charge is -2.28. The fourth-order valence-corrected chi connectivity index (χ4v) is 2.55. The highest BCUT2D eigenvalue weighted by molar-refractivity contribution is 6.32. The molecule has 1 atom stereocenters. The molecule has 1 heterocycles. The molecule has 0 radical (unpaired) electrons. The highest BCUT2D eigenvalue weighted by Gasteiger charge is 2.29. The second kappa shape index (κ2) is 6.93. The topological polar surface area (TPSA) is 35.0 Å². The first-order chi connectivity index (χ1) is 8.59. The van der Waals surface area contributed by atoms with E-state index < -0.39 is 0 Å². The predicted octanol–water partition coefficient (Wildman–Crippen LogP) is 4.39. The Labute approximate surface area is 115 Å². The monoisotopic (exact) mass is 270 g/mol. The molecule has 3 nitrogen and oxygen atoms in total. The van der Waals surface area contributed by atoms with Crippen LogP contribution in [-0.2, 0) is 5.41 Å². The van der Waals surface area contributed by atoms with Crippen molar-refractivity contribution in [1.82, 2.24) is 9.97 Å². The molecule has 0 saturated heterocycles. The normalized spacial score (nSPS) is 14.3. The summed E-state index contributed by atoms with van der Waals surface area (Å²) in [7, 11) is 1.58. The molecule has 0 aliphatic rings. The summed E-state index contributed by atoms with van der Waals surface area (Å²) in [5.74, 6) is 0.469. The van der Waals surface area contributed by atoms with E-state index in [2.05, 4.69) is 30.7 Å². The van der Waals surface area contributed by atoms with Gasteiger partial charge in [0.25, 0.3) is 0 Å². The van der Waals surface area contributed by atoms with Gasteiger partial charge in [0.05, 0.1) is 12.8 Å². The number of rotatable bonds is 7. The fraction of sp³-hybridized carbons (Fsp3) is 0.714. The Kier molecular flexibility index (Phi) is 5.86. The Balaban J connectivity index is 3.00. The molecule has 102 valence electrons. The van der Waals surface area contributed by atoms with E-state index in [1.54, 1.807) is 7.11 Å². The largest absolute Gasteiger partial charge is 0.480 e. The quantitative estimate of drug-likeness (QED) is 0.690. The third-order valence-electron chi connectivity index (χ3n) is 3.63. The van der Waals surface area contributed by atoms with E-state index in [0.29, 0.717) is 10.9 Å². The maximum absolute atomic E-state index is 6.33. The van der Waals surface area contributed by atoms with Gasteiger partial charge in [0.2, 0.25) is 5.88 Å². The molecule has 0 bridgehead atoms. The number of aromatic nitrogens is 2. The minimum absolute atomic E-state index is 0.00245. The van der Waals surface area contributed by atoms with Crippen molar-refractivity contribution in [2.45, 2.75) is 58.3 Å². The van der Waals surface area contributed by atoms with Gasteiger partial charge in [-0.05, 0) is 12.8 Å². The molecular formula is C14H23ClN2O. The molecule has 0 spiro atoms. The SMILES string of the molecule is CCCCCC(C)(CC)c1ncnc(OC)c1Cl. The number of hydrogen-bond acceptors (Lipinski definition) is 3. The van der Waals surface area contributed by atoms with E-state index in [0.717, 1.165) is 18.5 Å². The Morgan fingerprint density at radius 2 is 2.00 bits per heavy atom. The molecule has 0 N–H and O–H groups in total. The van der Waals surface area contributed by atoms with E-state index in [1.165, 1.54) is 25.6 Å². The van der Waals surface area contributed by atoms with Crippen LogP contribution in [0, 0.1) is 0 Å². The van der Waals surface area contributed by atoms with Crippen LogP contribution in [0.1, 0.15) is 58.6 Å². The van der Waals surface area contributed by atoms with Crippen LogP contribution in [0.3, 0.4) is 0 Å². The predicted molar refractivity (Wildman–Crippen MR) is 75.4 cm³/mol. The van der Waals surface area contributed by atoms with Crippen molar-refractivity contribution in [3.8, 4) is 5.88 Å². The van der Waals surface area contributed by atoms with Crippen LogP contribution >= 0.6 is 11.6 Å². The molecule has 0 fully saturated rings. The molecule has 4 heteroatoms. The third-order valence-corrected chi connectivity index (χ3v) is 3.98. The molecule has 0 aromatic carbocycles. The minimum atomic E-state index is 0.00245. The van der Waals surface area contributed by atoms with E-state index in [9.17, 15) is 0 Å². The molecule has 0 aliphatic heterocycles. The van der Waals surface area contributed by atoms with Gasteiger partial charge in [0.15, 0.2) is 0 Å². The lowest BCUT2D eigenvalue weighted by atomic mass is 9.79. The first-order valence-corrected chi connectivity index (χ1v) is 7.01. The van der Waals surface area contributed by atoms with Crippen molar-refractivity contribution in [2.24, 2.45) is 0 Å². The number of unbranched alkanes of at least 4 members (excludes halogenated alkanes) is 2. The summed E-state index contributed by atoms with van der Waals surface area (Å²) in [5.41, 5.74) is 0.914. The van der Waals surface area contributed by atoms with Crippen molar-refractivity contribution in [1.29, 1.82) is 0 Å². The van der Waals surface area contributed by atoms with Crippen molar-refractivity contribution >= 4 is 11.6 Å². The van der Waals surface area contributed by atoms with Gasteiger partial charge in [-0.25, -0.2) is 9.97 Å². The molecule has 1 aromatic rings. The summed E-state index contributed by atoms with van der Waals surface area (Å²) in [6.07, 6.45) is 7.31. The zero-order valence-electron chi connectivity index (χ0n) is 11.8. The van der Waals surface area contributed by atoms with Gasteiger partial charge in [-0.3, -0.25) is 0 Å². The van der Waals surface area contributed by atoms with Crippen molar-refractivity contribution < 1.29 is 4.74 Å². The van der Waals surface area contributed by atoms with Crippen molar-refractivity contribution in [2.75, 3.05) is 7.11 Å². The summed E-state index contributed by atoms with van der Waals surface area (Å²) in [6, 6.07) is 0. The fourth-order valence-electron chi connectivity index (χ4n) is 2.14. The van der Waals surface area contributed by atoms with Gasteiger partial charge in [-0.2, -0.15) is 0 Å². The summed E-state index contributed by atoms with van der Waals surface area (Å²) in [5, 5.41) is 0.556. The second-order valence-electron chi connectivity index (χ2n) is 4.92. The highest BCUT2D eigenvalue weighted by atomic mass is 35.5. The highest BCUT2D eigenvalue weighted by Crippen LogP contribution is 2.38. The van der Waals surface area contributed by atoms with Crippen LogP contribution in [0.5, 0.6) is 5.88 Å². The van der Waals surface area contributed by atoms with Crippen LogP contribution in [0.15, 0.2) is 6.33 Å². The van der Waals surface area contributed by atoms with Gasteiger partial charge in [0, 0.05) is 5.41 Å². The first kappa shape index (κ1) is 15.2. The standard InChI is InChI=1S/C14H23ClN2O/c1-5-7-8-9-14(3,6-2)12-11(15)13(18-4)17-10-16-12/h10H,5-9H2,1-4H3. The number of ether oxygens (including phenoxy) is 1.